The summed E-state index contributed by atoms with van der Waals surface area (Å²) in [5.74, 6) is -1.26. The van der Waals surface area contributed by atoms with Crippen LogP contribution < -0.4 is 4.90 Å². The lowest BCUT2D eigenvalue weighted by Crippen LogP contribution is -2.18. The molecule has 2 heterocycles. The quantitative estimate of drug-likeness (QED) is 0.734. The van der Waals surface area contributed by atoms with E-state index in [1.165, 1.54) is 12.1 Å². The summed E-state index contributed by atoms with van der Waals surface area (Å²) in [7, 11) is 1.90. The summed E-state index contributed by atoms with van der Waals surface area (Å²) in [5, 5.41) is 17.6. The first-order chi connectivity index (χ1) is 12.2. The maximum Gasteiger partial charge on any atom is 0.335 e. The Kier molecular flexibility index (Phi) is 8.28. The molecule has 0 aromatic carbocycles. The second kappa shape index (κ2) is 9.94. The van der Waals surface area contributed by atoms with E-state index in [2.05, 4.69) is 9.97 Å². The Morgan fingerprint density at radius 2 is 1.46 bits per heavy atom. The van der Waals surface area contributed by atoms with Crippen LogP contribution in [0.1, 0.15) is 40.3 Å². The Bertz CT molecular complexity index is 779. The molecule has 0 saturated heterocycles. The first-order valence-electron chi connectivity index (χ1n) is 7.69. The predicted octanol–water partition coefficient (Wildman–Crippen LogP) is 3.88. The minimum atomic E-state index is -1.07. The van der Waals surface area contributed by atoms with Crippen molar-refractivity contribution in [2.45, 2.75) is 20.3 Å². The molecule has 0 spiro atoms. The molecule has 2 N–H and O–H groups in total. The van der Waals surface area contributed by atoms with Gasteiger partial charge in [0.05, 0.1) is 11.1 Å². The number of hydrogen-bond acceptors (Lipinski definition) is 5. The Balaban J connectivity index is 0.000000273. The summed E-state index contributed by atoms with van der Waals surface area (Å²) in [6.45, 7) is 4.77. The van der Waals surface area contributed by atoms with Crippen LogP contribution in [-0.4, -0.2) is 45.7 Å². The molecule has 0 amide bonds. The number of aromatic carboxylic acids is 2. The van der Waals surface area contributed by atoms with Gasteiger partial charge in [0.2, 0.25) is 0 Å². The topological polar surface area (TPSA) is 104 Å². The average molecular weight is 400 g/mol. The number of carbonyl (C=O) groups is 2. The van der Waals surface area contributed by atoms with Gasteiger partial charge in [-0.3, -0.25) is 0 Å². The fourth-order valence-electron chi connectivity index (χ4n) is 1.82. The van der Waals surface area contributed by atoms with Gasteiger partial charge in [0.25, 0.3) is 0 Å². The lowest BCUT2D eigenvalue weighted by Gasteiger charge is -2.16. The highest BCUT2D eigenvalue weighted by atomic mass is 35.5. The van der Waals surface area contributed by atoms with E-state index in [4.69, 9.17) is 33.4 Å². The van der Waals surface area contributed by atoms with Crippen LogP contribution in [0.25, 0.3) is 0 Å². The Morgan fingerprint density at radius 1 is 0.962 bits per heavy atom. The highest BCUT2D eigenvalue weighted by Crippen LogP contribution is 2.15. The van der Waals surface area contributed by atoms with Crippen molar-refractivity contribution in [1.29, 1.82) is 0 Å². The molecule has 0 fully saturated rings. The molecule has 0 aliphatic rings. The number of hydrogen-bond donors (Lipinski definition) is 2. The molecule has 0 saturated carbocycles. The zero-order chi connectivity index (χ0) is 19.9. The minimum absolute atomic E-state index is 0.0370. The largest absolute Gasteiger partial charge is 0.478 e. The number of carboxylic acids is 2. The smallest absolute Gasteiger partial charge is 0.335 e. The molecule has 0 aliphatic heterocycles. The number of aromatic nitrogens is 2. The lowest BCUT2D eigenvalue weighted by molar-refractivity contribution is 0.0686. The van der Waals surface area contributed by atoms with Crippen molar-refractivity contribution < 1.29 is 19.8 Å². The van der Waals surface area contributed by atoms with Crippen LogP contribution in [0, 0.1) is 0 Å². The van der Waals surface area contributed by atoms with Crippen LogP contribution >= 0.6 is 23.2 Å². The van der Waals surface area contributed by atoms with Crippen LogP contribution in [0.4, 0.5) is 5.82 Å². The second-order valence-electron chi connectivity index (χ2n) is 5.18. The van der Waals surface area contributed by atoms with Gasteiger partial charge in [0, 0.05) is 19.3 Å². The fraction of sp³-hybridized carbons (Fsp3) is 0.294. The molecule has 2 rings (SSSR count). The number of aryl methyl sites for hydroxylation is 1. The summed E-state index contributed by atoms with van der Waals surface area (Å²) >= 11 is 10.9. The molecule has 7 nitrogen and oxygen atoms in total. The van der Waals surface area contributed by atoms with Crippen molar-refractivity contribution in [3.8, 4) is 0 Å². The van der Waals surface area contributed by atoms with Crippen molar-refractivity contribution in [1.82, 2.24) is 9.97 Å². The number of carboxylic acid groups (broad SMARTS) is 2. The van der Waals surface area contributed by atoms with Gasteiger partial charge in [-0.15, -0.1) is 0 Å². The van der Waals surface area contributed by atoms with E-state index in [0.717, 1.165) is 18.7 Å². The minimum Gasteiger partial charge on any atom is -0.478 e. The normalized spacial score (nSPS) is 9.88. The zero-order valence-electron chi connectivity index (χ0n) is 14.5. The summed E-state index contributed by atoms with van der Waals surface area (Å²) in [6.07, 6.45) is 0.742. The number of halogens is 2. The van der Waals surface area contributed by atoms with E-state index < -0.39 is 11.9 Å². The molecule has 140 valence electrons. The lowest BCUT2D eigenvalue weighted by atomic mass is 10.2. The van der Waals surface area contributed by atoms with Crippen molar-refractivity contribution in [2.75, 3.05) is 18.5 Å². The maximum absolute atomic E-state index is 10.9. The van der Waals surface area contributed by atoms with Crippen molar-refractivity contribution >= 4 is 41.0 Å². The Labute approximate surface area is 161 Å². The number of pyridine rings is 2. The van der Waals surface area contributed by atoms with Gasteiger partial charge in [-0.2, -0.15) is 0 Å². The van der Waals surface area contributed by atoms with Crippen LogP contribution in [0.3, 0.4) is 0 Å². The molecule has 0 bridgehead atoms. The van der Waals surface area contributed by atoms with Crippen molar-refractivity contribution in [3.63, 3.8) is 0 Å². The average Bonchev–Trinajstić information content (AvgIpc) is 2.60. The highest BCUT2D eigenvalue weighted by molar-refractivity contribution is 6.32. The third-order valence-electron chi connectivity index (χ3n) is 3.35. The van der Waals surface area contributed by atoms with Crippen LogP contribution in [0.15, 0.2) is 24.3 Å². The van der Waals surface area contributed by atoms with Crippen LogP contribution in [-0.2, 0) is 6.42 Å². The summed E-state index contributed by atoms with van der Waals surface area (Å²) in [5.41, 5.74) is 1.15. The molecular formula is C17H19Cl2N3O4. The van der Waals surface area contributed by atoms with Crippen molar-refractivity contribution in [3.05, 3.63) is 51.4 Å². The van der Waals surface area contributed by atoms with E-state index in [0.29, 0.717) is 11.4 Å². The highest BCUT2D eigenvalue weighted by Gasteiger charge is 2.09. The maximum atomic E-state index is 10.9. The number of nitrogens with zero attached hydrogens (tertiary/aromatic N) is 3. The molecule has 0 aliphatic carbocycles. The molecule has 0 radical (unpaired) electrons. The zero-order valence-corrected chi connectivity index (χ0v) is 16.0. The third-order valence-corrected chi connectivity index (χ3v) is 3.74. The molecule has 2 aromatic rings. The van der Waals surface area contributed by atoms with Gasteiger partial charge in [0.15, 0.2) is 0 Å². The number of anilines is 1. The van der Waals surface area contributed by atoms with E-state index in [-0.39, 0.29) is 15.9 Å². The number of rotatable bonds is 5. The first-order valence-corrected chi connectivity index (χ1v) is 8.45. The molecule has 0 unspecified atom stereocenters. The van der Waals surface area contributed by atoms with E-state index in [9.17, 15) is 9.59 Å². The van der Waals surface area contributed by atoms with Crippen LogP contribution in [0.5, 0.6) is 0 Å². The summed E-state index contributed by atoms with van der Waals surface area (Å²) < 4.78 is 0. The predicted molar refractivity (Wildman–Crippen MR) is 101 cm³/mol. The second-order valence-corrected chi connectivity index (χ2v) is 5.96. The standard InChI is InChI=1S/C11H16N2O2.C6H3Cl2NO2/c1-4-9-6-8(11(14)15)7-10(12-9)13(3)5-2;7-4-1-3(6(10)11)2-5(8)9-4/h6-7H,4-5H2,1-3H3,(H,14,15);1-2H,(H,10,11). The van der Waals surface area contributed by atoms with E-state index >= 15 is 0 Å². The van der Waals surface area contributed by atoms with Gasteiger partial charge in [-0.05, 0) is 37.6 Å². The van der Waals surface area contributed by atoms with Gasteiger partial charge >= 0.3 is 11.9 Å². The SMILES string of the molecule is CCc1cc(C(=O)O)cc(N(C)CC)n1.O=C(O)c1cc(Cl)nc(Cl)c1. The Hall–Kier alpha value is -2.38. The van der Waals surface area contributed by atoms with Crippen LogP contribution in [0.2, 0.25) is 10.3 Å². The summed E-state index contributed by atoms with van der Waals surface area (Å²) in [6, 6.07) is 5.69. The van der Waals surface area contributed by atoms with Gasteiger partial charge in [-0.25, -0.2) is 19.6 Å². The molecule has 0 atom stereocenters. The van der Waals surface area contributed by atoms with Crippen molar-refractivity contribution in [2.24, 2.45) is 0 Å². The van der Waals surface area contributed by atoms with Gasteiger partial charge < -0.3 is 15.1 Å². The first kappa shape index (κ1) is 21.7. The molecule has 9 heteroatoms. The summed E-state index contributed by atoms with van der Waals surface area (Å²) in [4.78, 5) is 31.1. The molecule has 26 heavy (non-hydrogen) atoms. The van der Waals surface area contributed by atoms with Gasteiger partial charge in [0.1, 0.15) is 16.1 Å². The fourth-order valence-corrected chi connectivity index (χ4v) is 2.28. The molecular weight excluding hydrogens is 381 g/mol. The molecule has 2 aromatic heterocycles. The third kappa shape index (κ3) is 6.50. The van der Waals surface area contributed by atoms with E-state index in [1.807, 2.05) is 25.8 Å². The Morgan fingerprint density at radius 3 is 1.88 bits per heavy atom. The monoisotopic (exact) mass is 399 g/mol. The van der Waals surface area contributed by atoms with E-state index in [1.54, 1.807) is 12.1 Å². The van der Waals surface area contributed by atoms with Gasteiger partial charge in [-0.1, -0.05) is 30.1 Å².